The van der Waals surface area contributed by atoms with Crippen LogP contribution >= 0.6 is 0 Å². The molecule has 1 aliphatic heterocycles. The molecule has 0 spiro atoms. The molecule has 1 saturated heterocycles. The van der Waals surface area contributed by atoms with E-state index in [1.807, 2.05) is 0 Å². The summed E-state index contributed by atoms with van der Waals surface area (Å²) in [7, 11) is 1.56. The molecule has 6 nitrogen and oxygen atoms in total. The van der Waals surface area contributed by atoms with E-state index < -0.39 is 5.92 Å². The second-order valence-corrected chi connectivity index (χ2v) is 4.89. The zero-order valence-corrected chi connectivity index (χ0v) is 12.3. The summed E-state index contributed by atoms with van der Waals surface area (Å²) in [6, 6.07) is 6.75. The molecule has 1 aromatic carbocycles. The Kier molecular flexibility index (Phi) is 5.30. The quantitative estimate of drug-likeness (QED) is 0.644. The van der Waals surface area contributed by atoms with Gasteiger partial charge in [-0.3, -0.25) is 15.0 Å². The van der Waals surface area contributed by atoms with Crippen LogP contribution in [0.2, 0.25) is 0 Å². The summed E-state index contributed by atoms with van der Waals surface area (Å²) in [5.41, 5.74) is 3.26. The first-order valence-corrected chi connectivity index (χ1v) is 6.93. The Bertz CT molecular complexity index is 495. The maximum Gasteiger partial charge on any atom is 0.244 e. The number of methoxy groups -OCH3 is 1. The van der Waals surface area contributed by atoms with Crippen molar-refractivity contribution in [1.82, 2.24) is 10.4 Å². The lowest BCUT2D eigenvalue weighted by Crippen LogP contribution is -2.50. The highest BCUT2D eigenvalue weighted by Gasteiger charge is 2.24. The molecule has 2 rings (SSSR count). The lowest BCUT2D eigenvalue weighted by molar-refractivity contribution is -0.130. The van der Waals surface area contributed by atoms with Gasteiger partial charge in [-0.05, 0) is 31.2 Å². The number of nitrogens with zero attached hydrogens (tertiary/aromatic N) is 1. The lowest BCUT2D eigenvalue weighted by Gasteiger charge is -2.27. The highest BCUT2D eigenvalue weighted by Crippen LogP contribution is 2.15. The van der Waals surface area contributed by atoms with Gasteiger partial charge in [0.25, 0.3) is 0 Å². The Balaban J connectivity index is 1.95. The molecule has 0 aromatic heterocycles. The molecule has 1 aliphatic rings. The Morgan fingerprint density at radius 3 is 2.43 bits per heavy atom. The standard InChI is InChI=1S/C15H20N2O4/c1-11(15(19)16-17-7-9-21-10-8-17)14(18)12-3-5-13(20-2)6-4-12/h3-6,11H,7-10H2,1-2H3,(H,16,19). The summed E-state index contributed by atoms with van der Waals surface area (Å²) in [6.07, 6.45) is 0. The minimum absolute atomic E-state index is 0.205. The number of ketones is 1. The zero-order valence-electron chi connectivity index (χ0n) is 12.3. The molecular formula is C15H20N2O4. The molecular weight excluding hydrogens is 272 g/mol. The van der Waals surface area contributed by atoms with E-state index in [2.05, 4.69) is 5.43 Å². The van der Waals surface area contributed by atoms with Crippen molar-refractivity contribution < 1.29 is 19.1 Å². The van der Waals surface area contributed by atoms with E-state index in [0.717, 1.165) is 0 Å². The van der Waals surface area contributed by atoms with E-state index >= 15 is 0 Å². The zero-order chi connectivity index (χ0) is 15.2. The third kappa shape index (κ3) is 4.03. The summed E-state index contributed by atoms with van der Waals surface area (Å²) < 4.78 is 10.3. The van der Waals surface area contributed by atoms with Gasteiger partial charge >= 0.3 is 0 Å². The van der Waals surface area contributed by atoms with Gasteiger partial charge in [-0.25, -0.2) is 5.01 Å². The van der Waals surface area contributed by atoms with Gasteiger partial charge in [-0.2, -0.15) is 0 Å². The van der Waals surface area contributed by atoms with Crippen LogP contribution in [-0.4, -0.2) is 50.1 Å². The number of nitrogens with one attached hydrogen (secondary N) is 1. The molecule has 0 bridgehead atoms. The minimum atomic E-state index is -0.735. The Labute approximate surface area is 124 Å². The van der Waals surface area contributed by atoms with Crippen LogP contribution in [0, 0.1) is 5.92 Å². The first kappa shape index (κ1) is 15.5. The second kappa shape index (κ2) is 7.19. The fourth-order valence-corrected chi connectivity index (χ4v) is 2.05. The summed E-state index contributed by atoms with van der Waals surface area (Å²) in [5.74, 6) is -0.556. The van der Waals surface area contributed by atoms with E-state index in [9.17, 15) is 9.59 Å². The van der Waals surface area contributed by atoms with Crippen LogP contribution < -0.4 is 10.2 Å². The Morgan fingerprint density at radius 2 is 1.86 bits per heavy atom. The lowest BCUT2D eigenvalue weighted by atomic mass is 9.99. The van der Waals surface area contributed by atoms with Gasteiger partial charge in [0.2, 0.25) is 5.91 Å². The minimum Gasteiger partial charge on any atom is -0.497 e. The van der Waals surface area contributed by atoms with Crippen molar-refractivity contribution in [1.29, 1.82) is 0 Å². The van der Waals surface area contributed by atoms with Gasteiger partial charge in [-0.15, -0.1) is 0 Å². The molecule has 0 aliphatic carbocycles. The Hall–Kier alpha value is -1.92. The predicted octanol–water partition coefficient (Wildman–Crippen LogP) is 0.877. The highest BCUT2D eigenvalue weighted by atomic mass is 16.5. The summed E-state index contributed by atoms with van der Waals surface area (Å²) in [4.78, 5) is 24.4. The number of hydrazine groups is 1. The second-order valence-electron chi connectivity index (χ2n) is 4.89. The number of carbonyl (C=O) groups excluding carboxylic acids is 2. The van der Waals surface area contributed by atoms with Crippen molar-refractivity contribution in [2.75, 3.05) is 33.4 Å². The molecule has 114 valence electrons. The van der Waals surface area contributed by atoms with E-state index in [0.29, 0.717) is 37.6 Å². The molecule has 1 heterocycles. The molecule has 0 radical (unpaired) electrons. The number of amides is 1. The number of carbonyl (C=O) groups is 2. The number of Topliss-reactive ketones (excluding diaryl/α,β-unsaturated/α-hetero) is 1. The van der Waals surface area contributed by atoms with Gasteiger partial charge in [0.1, 0.15) is 5.75 Å². The van der Waals surface area contributed by atoms with Crippen LogP contribution in [0.1, 0.15) is 17.3 Å². The molecule has 1 unspecified atom stereocenters. The van der Waals surface area contributed by atoms with Crippen molar-refractivity contribution in [3.05, 3.63) is 29.8 Å². The number of rotatable bonds is 5. The van der Waals surface area contributed by atoms with E-state index in [1.165, 1.54) is 0 Å². The maximum absolute atomic E-state index is 12.3. The van der Waals surface area contributed by atoms with E-state index in [1.54, 1.807) is 43.3 Å². The van der Waals surface area contributed by atoms with Crippen molar-refractivity contribution in [3.8, 4) is 5.75 Å². The molecule has 0 saturated carbocycles. The van der Waals surface area contributed by atoms with Crippen molar-refractivity contribution in [2.45, 2.75) is 6.92 Å². The van der Waals surface area contributed by atoms with Gasteiger partial charge in [0.05, 0.1) is 26.2 Å². The molecule has 1 aromatic rings. The molecule has 1 N–H and O–H groups in total. The monoisotopic (exact) mass is 292 g/mol. The first-order chi connectivity index (χ1) is 10.1. The Morgan fingerprint density at radius 1 is 1.24 bits per heavy atom. The average molecular weight is 292 g/mol. The van der Waals surface area contributed by atoms with Crippen molar-refractivity contribution in [3.63, 3.8) is 0 Å². The van der Waals surface area contributed by atoms with Gasteiger partial charge in [0.15, 0.2) is 5.78 Å². The van der Waals surface area contributed by atoms with Crippen molar-refractivity contribution >= 4 is 11.7 Å². The van der Waals surface area contributed by atoms with Gasteiger partial charge in [0, 0.05) is 18.7 Å². The molecule has 1 fully saturated rings. The normalized spacial score (nSPS) is 17.0. The third-order valence-electron chi connectivity index (χ3n) is 3.44. The SMILES string of the molecule is COc1ccc(C(=O)C(C)C(=O)NN2CCOCC2)cc1. The summed E-state index contributed by atoms with van der Waals surface area (Å²) >= 11 is 0. The van der Waals surface area contributed by atoms with Crippen LogP contribution in [0.15, 0.2) is 24.3 Å². The van der Waals surface area contributed by atoms with Gasteiger partial charge in [-0.1, -0.05) is 0 Å². The first-order valence-electron chi connectivity index (χ1n) is 6.93. The molecule has 21 heavy (non-hydrogen) atoms. The summed E-state index contributed by atoms with van der Waals surface area (Å²) in [6.45, 7) is 4.05. The molecule has 1 amide bonds. The number of hydrogen-bond donors (Lipinski definition) is 1. The average Bonchev–Trinajstić information content (AvgIpc) is 2.54. The molecule has 1 atom stereocenters. The molecule has 6 heteroatoms. The van der Waals surface area contributed by atoms with Crippen LogP contribution in [0.3, 0.4) is 0 Å². The van der Waals surface area contributed by atoms with E-state index in [-0.39, 0.29) is 11.7 Å². The smallest absolute Gasteiger partial charge is 0.244 e. The number of ether oxygens (including phenoxy) is 2. The largest absolute Gasteiger partial charge is 0.497 e. The maximum atomic E-state index is 12.3. The fraction of sp³-hybridized carbons (Fsp3) is 0.467. The number of morpholine rings is 1. The van der Waals surface area contributed by atoms with Crippen LogP contribution in [0.25, 0.3) is 0 Å². The van der Waals surface area contributed by atoms with Crippen molar-refractivity contribution in [2.24, 2.45) is 5.92 Å². The predicted molar refractivity (Wildman–Crippen MR) is 77.0 cm³/mol. The number of hydrogen-bond acceptors (Lipinski definition) is 5. The topological polar surface area (TPSA) is 67.9 Å². The van der Waals surface area contributed by atoms with Crippen LogP contribution in [-0.2, 0) is 9.53 Å². The van der Waals surface area contributed by atoms with Crippen LogP contribution in [0.4, 0.5) is 0 Å². The summed E-state index contributed by atoms with van der Waals surface area (Å²) in [5, 5.41) is 1.78. The van der Waals surface area contributed by atoms with E-state index in [4.69, 9.17) is 9.47 Å². The highest BCUT2D eigenvalue weighted by molar-refractivity contribution is 6.09. The van der Waals surface area contributed by atoms with Crippen LogP contribution in [0.5, 0.6) is 5.75 Å². The fourth-order valence-electron chi connectivity index (χ4n) is 2.05. The third-order valence-corrected chi connectivity index (χ3v) is 3.44. The van der Waals surface area contributed by atoms with Gasteiger partial charge < -0.3 is 9.47 Å². The number of benzene rings is 1.